The molecule has 0 aromatic heterocycles. The number of hydrogen-bond donors (Lipinski definition) is 1. The molecule has 1 N–H and O–H groups in total. The highest BCUT2D eigenvalue weighted by atomic mass is 35.5. The second kappa shape index (κ2) is 9.00. The molecule has 2 rings (SSSR count). The zero-order valence-electron chi connectivity index (χ0n) is 14.3. The number of nitrogens with zero attached hydrogens (tertiary/aromatic N) is 1. The molecule has 0 heterocycles. The smallest absolute Gasteiger partial charge is 0.232 e. The molecular weight excluding hydrogens is 379 g/mol. The minimum atomic E-state index is -3.55. The van der Waals surface area contributed by atoms with Gasteiger partial charge in [-0.05, 0) is 36.2 Å². The van der Waals surface area contributed by atoms with Crippen LogP contribution in [0.3, 0.4) is 0 Å². The van der Waals surface area contributed by atoms with Crippen molar-refractivity contribution in [1.29, 1.82) is 0 Å². The van der Waals surface area contributed by atoms with Crippen LogP contribution < -0.4 is 9.62 Å². The van der Waals surface area contributed by atoms with E-state index >= 15 is 0 Å². The third-order valence-electron chi connectivity index (χ3n) is 3.71. The first-order valence-corrected chi connectivity index (χ1v) is 10.2. The van der Waals surface area contributed by atoms with E-state index in [1.165, 1.54) is 12.1 Å². The number of sulfonamides is 1. The van der Waals surface area contributed by atoms with Crippen molar-refractivity contribution < 1.29 is 17.6 Å². The van der Waals surface area contributed by atoms with Crippen LogP contribution in [-0.2, 0) is 21.2 Å². The number of rotatable bonds is 8. The quantitative estimate of drug-likeness (QED) is 0.743. The minimum Gasteiger partial charge on any atom is -0.356 e. The molecule has 0 radical (unpaired) electrons. The molecule has 0 saturated heterocycles. The molecule has 0 fully saturated rings. The van der Waals surface area contributed by atoms with Crippen LogP contribution >= 0.6 is 11.6 Å². The summed E-state index contributed by atoms with van der Waals surface area (Å²) in [6, 6.07) is 12.8. The number of halogens is 2. The van der Waals surface area contributed by atoms with Gasteiger partial charge in [-0.2, -0.15) is 0 Å². The number of carbonyl (C=O) groups is 1. The van der Waals surface area contributed by atoms with Gasteiger partial charge in [0.1, 0.15) is 5.82 Å². The summed E-state index contributed by atoms with van der Waals surface area (Å²) >= 11 is 5.91. The van der Waals surface area contributed by atoms with E-state index in [2.05, 4.69) is 5.32 Å². The van der Waals surface area contributed by atoms with E-state index in [1.807, 2.05) is 0 Å². The van der Waals surface area contributed by atoms with Crippen molar-refractivity contribution in [2.45, 2.75) is 12.8 Å². The Morgan fingerprint density at radius 2 is 1.92 bits per heavy atom. The van der Waals surface area contributed by atoms with Crippen molar-refractivity contribution in [3.05, 3.63) is 64.9 Å². The highest BCUT2D eigenvalue weighted by molar-refractivity contribution is 7.92. The van der Waals surface area contributed by atoms with Crippen LogP contribution in [-0.4, -0.2) is 33.7 Å². The second-order valence-corrected chi connectivity index (χ2v) is 8.10. The topological polar surface area (TPSA) is 66.5 Å². The Hall–Kier alpha value is -2.12. The Morgan fingerprint density at radius 1 is 1.19 bits per heavy atom. The van der Waals surface area contributed by atoms with Crippen molar-refractivity contribution in [2.24, 2.45) is 0 Å². The Bertz CT molecular complexity index is 874. The molecule has 140 valence electrons. The Labute approximate surface area is 157 Å². The second-order valence-electron chi connectivity index (χ2n) is 5.76. The lowest BCUT2D eigenvalue weighted by atomic mass is 10.1. The summed E-state index contributed by atoms with van der Waals surface area (Å²) in [5.74, 6) is -0.622. The number of hydrogen-bond acceptors (Lipinski definition) is 3. The predicted molar refractivity (Wildman–Crippen MR) is 101 cm³/mol. The van der Waals surface area contributed by atoms with Gasteiger partial charge in [0.05, 0.1) is 11.9 Å². The van der Waals surface area contributed by atoms with Gasteiger partial charge in [0.25, 0.3) is 0 Å². The maximum atomic E-state index is 13.5. The maximum absolute atomic E-state index is 13.5. The average molecular weight is 399 g/mol. The van der Waals surface area contributed by atoms with Crippen molar-refractivity contribution in [3.8, 4) is 0 Å². The maximum Gasteiger partial charge on any atom is 0.232 e. The lowest BCUT2D eigenvalue weighted by Gasteiger charge is -2.22. The van der Waals surface area contributed by atoms with Gasteiger partial charge >= 0.3 is 0 Å². The Kier molecular flexibility index (Phi) is 6.99. The first-order chi connectivity index (χ1) is 12.3. The summed E-state index contributed by atoms with van der Waals surface area (Å²) in [5, 5.41) is 3.08. The number of anilines is 1. The molecule has 5 nitrogen and oxygen atoms in total. The zero-order valence-corrected chi connectivity index (χ0v) is 15.9. The van der Waals surface area contributed by atoms with Crippen LogP contribution in [0.15, 0.2) is 48.5 Å². The molecule has 1 amide bonds. The number of amides is 1. The molecule has 2 aromatic carbocycles. The van der Waals surface area contributed by atoms with Crippen molar-refractivity contribution in [2.75, 3.05) is 23.7 Å². The van der Waals surface area contributed by atoms with Gasteiger partial charge in [-0.25, -0.2) is 12.8 Å². The molecule has 0 unspecified atom stereocenters. The van der Waals surface area contributed by atoms with Crippen LogP contribution in [0.25, 0.3) is 0 Å². The fraction of sp³-hybridized carbons (Fsp3) is 0.278. The third kappa shape index (κ3) is 6.00. The standard InChI is InChI=1S/C18H20ClFN2O3S/c1-26(24,25)22(16-7-4-6-15(19)13-16)12-10-18(23)21-11-9-14-5-2-3-8-17(14)20/h2-8,13H,9-12H2,1H3,(H,21,23). The average Bonchev–Trinajstić information content (AvgIpc) is 2.55. The van der Waals surface area contributed by atoms with Gasteiger partial charge < -0.3 is 5.32 Å². The van der Waals surface area contributed by atoms with Crippen LogP contribution in [0.1, 0.15) is 12.0 Å². The predicted octanol–water partition coefficient (Wildman–Crippen LogP) is 2.99. The summed E-state index contributed by atoms with van der Waals surface area (Å²) in [7, 11) is -3.55. The van der Waals surface area contributed by atoms with Gasteiger partial charge in [0.15, 0.2) is 0 Å². The lowest BCUT2D eigenvalue weighted by Crippen LogP contribution is -2.35. The largest absolute Gasteiger partial charge is 0.356 e. The highest BCUT2D eigenvalue weighted by Gasteiger charge is 2.18. The monoisotopic (exact) mass is 398 g/mol. The Morgan fingerprint density at radius 3 is 2.58 bits per heavy atom. The van der Waals surface area contributed by atoms with Crippen LogP contribution in [0.4, 0.5) is 10.1 Å². The Balaban J connectivity index is 1.90. The van der Waals surface area contributed by atoms with Gasteiger partial charge in [-0.15, -0.1) is 0 Å². The van der Waals surface area contributed by atoms with E-state index < -0.39 is 10.0 Å². The molecule has 8 heteroatoms. The van der Waals surface area contributed by atoms with E-state index in [0.29, 0.717) is 22.7 Å². The molecule has 26 heavy (non-hydrogen) atoms. The fourth-order valence-electron chi connectivity index (χ4n) is 2.45. The van der Waals surface area contributed by atoms with Gasteiger partial charge in [0, 0.05) is 24.5 Å². The summed E-state index contributed by atoms with van der Waals surface area (Å²) < 4.78 is 38.7. The molecule has 0 spiro atoms. The first kappa shape index (κ1) is 20.2. The molecule has 0 saturated carbocycles. The van der Waals surface area contributed by atoms with Crippen LogP contribution in [0.2, 0.25) is 5.02 Å². The van der Waals surface area contributed by atoms with Crippen molar-refractivity contribution in [3.63, 3.8) is 0 Å². The molecule has 2 aromatic rings. The zero-order chi connectivity index (χ0) is 19.2. The highest BCUT2D eigenvalue weighted by Crippen LogP contribution is 2.21. The summed E-state index contributed by atoms with van der Waals surface area (Å²) in [6.45, 7) is 0.264. The van der Waals surface area contributed by atoms with Gasteiger partial charge in [-0.1, -0.05) is 35.9 Å². The molecule has 0 bridgehead atoms. The van der Waals surface area contributed by atoms with E-state index in [4.69, 9.17) is 11.6 Å². The van der Waals surface area contributed by atoms with Crippen molar-refractivity contribution >= 4 is 33.2 Å². The molecule has 0 aliphatic rings. The number of benzene rings is 2. The van der Waals surface area contributed by atoms with Crippen LogP contribution in [0.5, 0.6) is 0 Å². The number of nitrogens with one attached hydrogen (secondary N) is 1. The van der Waals surface area contributed by atoms with E-state index in [1.54, 1.807) is 36.4 Å². The van der Waals surface area contributed by atoms with Gasteiger partial charge in [-0.3, -0.25) is 9.10 Å². The van der Waals surface area contributed by atoms with E-state index in [-0.39, 0.29) is 31.2 Å². The summed E-state index contributed by atoms with van der Waals surface area (Å²) in [4.78, 5) is 12.0. The normalized spacial score (nSPS) is 11.2. The SMILES string of the molecule is CS(=O)(=O)N(CCC(=O)NCCc1ccccc1F)c1cccc(Cl)c1. The van der Waals surface area contributed by atoms with Crippen LogP contribution in [0, 0.1) is 5.82 Å². The van der Waals surface area contributed by atoms with Gasteiger partial charge in [0.2, 0.25) is 15.9 Å². The van der Waals surface area contributed by atoms with Crippen molar-refractivity contribution in [1.82, 2.24) is 5.32 Å². The minimum absolute atomic E-state index is 0.00922. The fourth-order valence-corrected chi connectivity index (χ4v) is 3.55. The molecule has 0 aliphatic heterocycles. The molecular formula is C18H20ClFN2O3S. The summed E-state index contributed by atoms with van der Waals surface area (Å²) in [5.41, 5.74) is 0.920. The van der Waals surface area contributed by atoms with E-state index in [9.17, 15) is 17.6 Å². The van der Waals surface area contributed by atoms with E-state index in [0.717, 1.165) is 10.6 Å². The first-order valence-electron chi connectivity index (χ1n) is 8.01. The number of carbonyl (C=O) groups excluding carboxylic acids is 1. The lowest BCUT2D eigenvalue weighted by molar-refractivity contribution is -0.120. The molecule has 0 atom stereocenters. The summed E-state index contributed by atoms with van der Waals surface area (Å²) in [6.07, 6.45) is 1.42. The molecule has 0 aliphatic carbocycles. The third-order valence-corrected chi connectivity index (χ3v) is 5.14.